The topological polar surface area (TPSA) is 39.2 Å². The highest BCUT2D eigenvalue weighted by atomic mass is 16.5. The summed E-state index contributed by atoms with van der Waals surface area (Å²) < 4.78 is 4.96. The zero-order valence-corrected chi connectivity index (χ0v) is 7.42. The maximum Gasteiger partial charge on any atom is 0.215 e. The molecule has 0 aliphatic heterocycles. The minimum absolute atomic E-state index is 0.0215. The molecule has 0 atom stereocenters. The molecule has 0 spiro atoms. The number of Topliss-reactive ketones (excluding diaryl/α,β-unsaturated/α-hetero) is 1. The second-order valence-electron chi connectivity index (χ2n) is 2.61. The van der Waals surface area contributed by atoms with E-state index in [1.54, 1.807) is 13.2 Å². The van der Waals surface area contributed by atoms with Crippen LogP contribution in [0, 0.1) is 6.92 Å². The molecule has 0 radical (unpaired) electrons. The van der Waals surface area contributed by atoms with Crippen LogP contribution in [-0.2, 0) is 0 Å². The molecule has 3 heteroatoms. The van der Waals surface area contributed by atoms with Crippen molar-refractivity contribution in [1.82, 2.24) is 4.98 Å². The Morgan fingerprint density at radius 3 is 2.67 bits per heavy atom. The molecular weight excluding hydrogens is 154 g/mol. The third-order valence-corrected chi connectivity index (χ3v) is 1.63. The zero-order valence-electron chi connectivity index (χ0n) is 7.42. The highest BCUT2D eigenvalue weighted by Gasteiger charge is 2.03. The molecule has 0 bridgehead atoms. The maximum absolute atomic E-state index is 10.9. The van der Waals surface area contributed by atoms with Crippen molar-refractivity contribution in [2.24, 2.45) is 0 Å². The van der Waals surface area contributed by atoms with E-state index < -0.39 is 0 Å². The molecular formula is C9H11NO2. The summed E-state index contributed by atoms with van der Waals surface area (Å²) in [5.74, 6) is 0.591. The van der Waals surface area contributed by atoms with Gasteiger partial charge in [0.05, 0.1) is 7.11 Å². The molecule has 1 heterocycles. The summed E-state index contributed by atoms with van der Waals surface area (Å²) >= 11 is 0. The Morgan fingerprint density at radius 2 is 2.25 bits per heavy atom. The number of hydrogen-bond acceptors (Lipinski definition) is 3. The number of methoxy groups -OCH3 is 1. The molecule has 0 aliphatic carbocycles. The number of aromatic nitrogens is 1. The van der Waals surface area contributed by atoms with Gasteiger partial charge in [0.2, 0.25) is 5.88 Å². The van der Waals surface area contributed by atoms with Gasteiger partial charge in [-0.3, -0.25) is 4.79 Å². The van der Waals surface area contributed by atoms with Gasteiger partial charge in [-0.05, 0) is 19.9 Å². The lowest BCUT2D eigenvalue weighted by atomic mass is 10.1. The molecule has 0 unspecified atom stereocenters. The minimum Gasteiger partial charge on any atom is -0.481 e. The van der Waals surface area contributed by atoms with Crippen molar-refractivity contribution >= 4 is 5.78 Å². The molecule has 12 heavy (non-hydrogen) atoms. The fraction of sp³-hybridized carbons (Fsp3) is 0.333. The van der Waals surface area contributed by atoms with Crippen molar-refractivity contribution < 1.29 is 9.53 Å². The third kappa shape index (κ3) is 1.61. The number of nitrogens with zero attached hydrogens (tertiary/aromatic N) is 1. The van der Waals surface area contributed by atoms with E-state index in [0.717, 1.165) is 5.56 Å². The fourth-order valence-corrected chi connectivity index (χ4v) is 0.968. The smallest absolute Gasteiger partial charge is 0.215 e. The first-order valence-electron chi connectivity index (χ1n) is 3.66. The van der Waals surface area contributed by atoms with Gasteiger partial charge in [0.15, 0.2) is 5.78 Å². The van der Waals surface area contributed by atoms with Crippen LogP contribution in [0.1, 0.15) is 22.8 Å². The summed E-state index contributed by atoms with van der Waals surface area (Å²) in [6, 6.07) is 1.77. The number of aryl methyl sites for hydroxylation is 1. The van der Waals surface area contributed by atoms with Gasteiger partial charge in [0.1, 0.15) is 0 Å². The van der Waals surface area contributed by atoms with E-state index in [4.69, 9.17) is 4.74 Å². The summed E-state index contributed by atoms with van der Waals surface area (Å²) in [5.41, 5.74) is 1.50. The molecule has 0 aromatic carbocycles. The van der Waals surface area contributed by atoms with Crippen LogP contribution in [-0.4, -0.2) is 17.9 Å². The third-order valence-electron chi connectivity index (χ3n) is 1.63. The summed E-state index contributed by atoms with van der Waals surface area (Å²) in [5, 5.41) is 0. The first-order valence-corrected chi connectivity index (χ1v) is 3.66. The van der Waals surface area contributed by atoms with Gasteiger partial charge >= 0.3 is 0 Å². The number of ketones is 1. The predicted molar refractivity (Wildman–Crippen MR) is 45.5 cm³/mol. The number of ether oxygens (including phenoxy) is 1. The Morgan fingerprint density at radius 1 is 1.58 bits per heavy atom. The Labute approximate surface area is 71.4 Å². The highest BCUT2D eigenvalue weighted by molar-refractivity contribution is 5.93. The van der Waals surface area contributed by atoms with Crippen LogP contribution >= 0.6 is 0 Å². The maximum atomic E-state index is 10.9. The second-order valence-corrected chi connectivity index (χ2v) is 2.61. The normalized spacial score (nSPS) is 9.58. The van der Waals surface area contributed by atoms with Crippen molar-refractivity contribution in [3.05, 3.63) is 23.4 Å². The lowest BCUT2D eigenvalue weighted by Crippen LogP contribution is -1.97. The number of rotatable bonds is 2. The SMILES string of the molecule is COc1ncc(C(C)=O)cc1C. The molecule has 1 aromatic heterocycles. The second kappa shape index (κ2) is 3.34. The van der Waals surface area contributed by atoms with Crippen molar-refractivity contribution in [2.45, 2.75) is 13.8 Å². The molecule has 0 saturated heterocycles. The van der Waals surface area contributed by atoms with Gasteiger partial charge in [-0.15, -0.1) is 0 Å². The van der Waals surface area contributed by atoms with Crippen molar-refractivity contribution in [3.8, 4) is 5.88 Å². The summed E-state index contributed by atoms with van der Waals surface area (Å²) in [4.78, 5) is 14.9. The molecule has 3 nitrogen and oxygen atoms in total. The molecule has 0 N–H and O–H groups in total. The molecule has 0 saturated carbocycles. The van der Waals surface area contributed by atoms with Crippen molar-refractivity contribution in [3.63, 3.8) is 0 Å². The summed E-state index contributed by atoms with van der Waals surface area (Å²) in [7, 11) is 1.56. The van der Waals surface area contributed by atoms with E-state index in [0.29, 0.717) is 11.4 Å². The Hall–Kier alpha value is -1.38. The van der Waals surface area contributed by atoms with Gasteiger partial charge in [-0.1, -0.05) is 0 Å². The average Bonchev–Trinajstić information content (AvgIpc) is 2.04. The first-order chi connectivity index (χ1) is 5.65. The largest absolute Gasteiger partial charge is 0.481 e. The number of hydrogen-bond donors (Lipinski definition) is 0. The van der Waals surface area contributed by atoms with Gasteiger partial charge in [-0.2, -0.15) is 0 Å². The lowest BCUT2D eigenvalue weighted by molar-refractivity contribution is 0.101. The molecule has 0 fully saturated rings. The van der Waals surface area contributed by atoms with Gasteiger partial charge < -0.3 is 4.74 Å². The van der Waals surface area contributed by atoms with Crippen LogP contribution in [0.4, 0.5) is 0 Å². The molecule has 1 aromatic rings. The van der Waals surface area contributed by atoms with E-state index >= 15 is 0 Å². The van der Waals surface area contributed by atoms with Gasteiger partial charge in [-0.25, -0.2) is 4.98 Å². The van der Waals surface area contributed by atoms with E-state index in [-0.39, 0.29) is 5.78 Å². The van der Waals surface area contributed by atoms with Gasteiger partial charge in [0, 0.05) is 17.3 Å². The Kier molecular flexibility index (Phi) is 2.43. The van der Waals surface area contributed by atoms with Crippen LogP contribution in [0.2, 0.25) is 0 Å². The minimum atomic E-state index is 0.0215. The van der Waals surface area contributed by atoms with Gasteiger partial charge in [0.25, 0.3) is 0 Å². The van der Waals surface area contributed by atoms with Crippen molar-refractivity contribution in [1.29, 1.82) is 0 Å². The quantitative estimate of drug-likeness (QED) is 0.625. The van der Waals surface area contributed by atoms with Crippen LogP contribution in [0.15, 0.2) is 12.3 Å². The lowest BCUT2D eigenvalue weighted by Gasteiger charge is -2.03. The molecule has 64 valence electrons. The van der Waals surface area contributed by atoms with E-state index in [1.807, 2.05) is 6.92 Å². The number of pyridine rings is 1. The highest BCUT2D eigenvalue weighted by Crippen LogP contribution is 2.14. The summed E-state index contributed by atoms with van der Waals surface area (Å²) in [6.45, 7) is 3.38. The fourth-order valence-electron chi connectivity index (χ4n) is 0.968. The monoisotopic (exact) mass is 165 g/mol. The zero-order chi connectivity index (χ0) is 9.14. The standard InChI is InChI=1S/C9H11NO2/c1-6-4-8(7(2)11)5-10-9(6)12-3/h4-5H,1-3H3. The van der Waals surface area contributed by atoms with Crippen LogP contribution < -0.4 is 4.74 Å². The van der Waals surface area contributed by atoms with E-state index in [2.05, 4.69) is 4.98 Å². The van der Waals surface area contributed by atoms with Crippen LogP contribution in [0.25, 0.3) is 0 Å². The van der Waals surface area contributed by atoms with E-state index in [9.17, 15) is 4.79 Å². The van der Waals surface area contributed by atoms with Crippen molar-refractivity contribution in [2.75, 3.05) is 7.11 Å². The number of carbonyl (C=O) groups is 1. The Balaban J connectivity index is 3.10. The van der Waals surface area contributed by atoms with Crippen LogP contribution in [0.5, 0.6) is 5.88 Å². The summed E-state index contributed by atoms with van der Waals surface area (Å²) in [6.07, 6.45) is 1.52. The number of carbonyl (C=O) groups excluding carboxylic acids is 1. The Bertz CT molecular complexity index is 307. The first kappa shape index (κ1) is 8.71. The molecule has 1 rings (SSSR count). The average molecular weight is 165 g/mol. The molecule has 0 aliphatic rings. The van der Waals surface area contributed by atoms with Crippen LogP contribution in [0.3, 0.4) is 0 Å². The predicted octanol–water partition coefficient (Wildman–Crippen LogP) is 1.60. The van der Waals surface area contributed by atoms with E-state index in [1.165, 1.54) is 13.1 Å². The molecule has 0 amide bonds.